The Kier molecular flexibility index (Phi) is 8.42. The van der Waals surface area contributed by atoms with Gasteiger partial charge in [-0.2, -0.15) is 5.10 Å². The fourth-order valence-corrected chi connectivity index (χ4v) is 3.31. The maximum atomic E-state index is 12.7. The van der Waals surface area contributed by atoms with Gasteiger partial charge in [-0.05, 0) is 24.5 Å². The molecular formula is C18H26Cl2N4O. The quantitative estimate of drug-likeness (QED) is 0.848. The van der Waals surface area contributed by atoms with E-state index in [0.717, 1.165) is 31.5 Å². The monoisotopic (exact) mass is 384 g/mol. The molecule has 0 bridgehead atoms. The highest BCUT2D eigenvalue weighted by molar-refractivity contribution is 5.85. The summed E-state index contributed by atoms with van der Waals surface area (Å²) in [4.78, 5) is 14.7. The first-order chi connectivity index (χ1) is 11.2. The number of nitrogens with zero attached hydrogens (tertiary/aromatic N) is 2. The number of carbonyl (C=O) groups is 1. The van der Waals surface area contributed by atoms with Crippen LogP contribution in [0.25, 0.3) is 0 Å². The lowest BCUT2D eigenvalue weighted by Crippen LogP contribution is -2.43. The lowest BCUT2D eigenvalue weighted by Gasteiger charge is -2.34. The van der Waals surface area contributed by atoms with Crippen molar-refractivity contribution in [2.75, 3.05) is 13.1 Å². The molecule has 0 spiro atoms. The number of piperidine rings is 1. The summed E-state index contributed by atoms with van der Waals surface area (Å²) < 4.78 is 0. The van der Waals surface area contributed by atoms with Gasteiger partial charge in [0.25, 0.3) is 0 Å². The molecule has 1 fully saturated rings. The van der Waals surface area contributed by atoms with Gasteiger partial charge in [-0.25, -0.2) is 0 Å². The zero-order valence-electron chi connectivity index (χ0n) is 14.3. The number of amides is 1. The summed E-state index contributed by atoms with van der Waals surface area (Å²) >= 11 is 0. The molecule has 1 aromatic heterocycles. The number of aromatic nitrogens is 2. The predicted molar refractivity (Wildman–Crippen MR) is 104 cm³/mol. The number of nitrogens with one attached hydrogen (secondary N) is 1. The summed E-state index contributed by atoms with van der Waals surface area (Å²) in [5.41, 5.74) is 8.48. The smallest absolute Gasteiger partial charge is 0.227 e. The Balaban J connectivity index is 0.00000156. The second-order valence-electron chi connectivity index (χ2n) is 6.34. The Morgan fingerprint density at radius 2 is 1.84 bits per heavy atom. The van der Waals surface area contributed by atoms with E-state index in [1.54, 1.807) is 6.20 Å². The molecule has 1 aromatic carbocycles. The van der Waals surface area contributed by atoms with E-state index in [-0.39, 0.29) is 42.7 Å². The molecule has 138 valence electrons. The number of carbonyl (C=O) groups excluding carboxylic acids is 1. The SMILES string of the molecule is CC(C(=O)N1CCC(c2ccn[nH]2)CC1)C(N)c1ccccc1.Cl.Cl. The Hall–Kier alpha value is -1.56. The molecule has 1 aliphatic rings. The van der Waals surface area contributed by atoms with E-state index >= 15 is 0 Å². The van der Waals surface area contributed by atoms with E-state index < -0.39 is 0 Å². The molecule has 3 rings (SSSR count). The van der Waals surface area contributed by atoms with E-state index in [2.05, 4.69) is 10.2 Å². The van der Waals surface area contributed by atoms with Crippen LogP contribution in [0.2, 0.25) is 0 Å². The average Bonchev–Trinajstić information content (AvgIpc) is 3.15. The zero-order valence-corrected chi connectivity index (χ0v) is 15.9. The van der Waals surface area contributed by atoms with Crippen LogP contribution in [0.15, 0.2) is 42.6 Å². The van der Waals surface area contributed by atoms with Crippen LogP contribution in [0.5, 0.6) is 0 Å². The van der Waals surface area contributed by atoms with Crippen LogP contribution < -0.4 is 5.73 Å². The van der Waals surface area contributed by atoms with E-state index in [1.165, 1.54) is 5.69 Å². The second kappa shape index (κ2) is 9.80. The van der Waals surface area contributed by atoms with Crippen molar-refractivity contribution >= 4 is 30.7 Å². The maximum Gasteiger partial charge on any atom is 0.227 e. The number of benzene rings is 1. The molecule has 1 saturated heterocycles. The van der Waals surface area contributed by atoms with E-state index in [9.17, 15) is 4.79 Å². The summed E-state index contributed by atoms with van der Waals surface area (Å²) in [6.07, 6.45) is 3.73. The van der Waals surface area contributed by atoms with Gasteiger partial charge in [0, 0.05) is 36.9 Å². The first-order valence-corrected chi connectivity index (χ1v) is 8.25. The Morgan fingerprint density at radius 3 is 2.40 bits per heavy atom. The molecule has 1 amide bonds. The number of H-pyrrole nitrogens is 1. The molecule has 2 atom stereocenters. The minimum atomic E-state index is -0.256. The molecule has 2 unspecified atom stereocenters. The number of hydrogen-bond donors (Lipinski definition) is 2. The van der Waals surface area contributed by atoms with Crippen LogP contribution in [-0.2, 0) is 4.79 Å². The molecule has 5 nitrogen and oxygen atoms in total. The van der Waals surface area contributed by atoms with Gasteiger partial charge >= 0.3 is 0 Å². The van der Waals surface area contributed by atoms with Gasteiger partial charge in [-0.15, -0.1) is 24.8 Å². The summed E-state index contributed by atoms with van der Waals surface area (Å²) in [7, 11) is 0. The molecule has 0 aliphatic carbocycles. The normalized spacial score (nSPS) is 17.1. The molecule has 0 radical (unpaired) electrons. The second-order valence-corrected chi connectivity index (χ2v) is 6.34. The number of likely N-dealkylation sites (tertiary alicyclic amines) is 1. The molecule has 25 heavy (non-hydrogen) atoms. The summed E-state index contributed by atoms with van der Waals surface area (Å²) in [5, 5.41) is 7.05. The standard InChI is InChI=1S/C18H24N4O.2ClH/c1-13(17(19)15-5-3-2-4-6-15)18(23)22-11-8-14(9-12-22)16-7-10-20-21-16;;/h2-7,10,13-14,17H,8-9,11-12,19H2,1H3,(H,20,21);2*1H. The van der Waals surface area contributed by atoms with Crippen molar-refractivity contribution < 1.29 is 4.79 Å². The largest absolute Gasteiger partial charge is 0.342 e. The highest BCUT2D eigenvalue weighted by atomic mass is 35.5. The highest BCUT2D eigenvalue weighted by Crippen LogP contribution is 2.28. The van der Waals surface area contributed by atoms with Crippen LogP contribution in [0.3, 0.4) is 0 Å². The molecule has 2 aromatic rings. The predicted octanol–water partition coefficient (Wildman–Crippen LogP) is 3.30. The van der Waals surface area contributed by atoms with E-state index in [4.69, 9.17) is 5.73 Å². The van der Waals surface area contributed by atoms with Gasteiger partial charge in [-0.1, -0.05) is 37.3 Å². The number of halogens is 2. The Labute approximate surface area is 161 Å². The summed E-state index contributed by atoms with van der Waals surface area (Å²) in [6, 6.07) is 11.6. The molecular weight excluding hydrogens is 359 g/mol. The number of aromatic amines is 1. The first kappa shape index (κ1) is 21.5. The topological polar surface area (TPSA) is 75.0 Å². The van der Waals surface area contributed by atoms with Crippen LogP contribution in [0.1, 0.15) is 43.0 Å². The molecule has 7 heteroatoms. The minimum Gasteiger partial charge on any atom is -0.342 e. The van der Waals surface area contributed by atoms with Crippen molar-refractivity contribution in [1.29, 1.82) is 0 Å². The highest BCUT2D eigenvalue weighted by Gasteiger charge is 2.30. The molecule has 2 heterocycles. The number of hydrogen-bond acceptors (Lipinski definition) is 3. The van der Waals surface area contributed by atoms with Crippen molar-refractivity contribution in [2.45, 2.75) is 31.7 Å². The van der Waals surface area contributed by atoms with Gasteiger partial charge in [-0.3, -0.25) is 9.89 Å². The van der Waals surface area contributed by atoms with Crippen molar-refractivity contribution in [1.82, 2.24) is 15.1 Å². The van der Waals surface area contributed by atoms with Crippen molar-refractivity contribution in [2.24, 2.45) is 11.7 Å². The van der Waals surface area contributed by atoms with Crippen molar-refractivity contribution in [3.8, 4) is 0 Å². The zero-order chi connectivity index (χ0) is 16.2. The molecule has 3 N–H and O–H groups in total. The third-order valence-corrected chi connectivity index (χ3v) is 4.88. The van der Waals surface area contributed by atoms with Crippen LogP contribution in [0, 0.1) is 5.92 Å². The Bertz CT molecular complexity index is 628. The first-order valence-electron chi connectivity index (χ1n) is 8.25. The van der Waals surface area contributed by atoms with Crippen LogP contribution in [-0.4, -0.2) is 34.1 Å². The Morgan fingerprint density at radius 1 is 1.20 bits per heavy atom. The number of nitrogens with two attached hydrogens (primary N) is 1. The van der Waals surface area contributed by atoms with Gasteiger partial charge < -0.3 is 10.6 Å². The van der Waals surface area contributed by atoms with Gasteiger partial charge in [0.2, 0.25) is 5.91 Å². The van der Waals surface area contributed by atoms with Gasteiger partial charge in [0.05, 0.1) is 5.92 Å². The van der Waals surface area contributed by atoms with Crippen molar-refractivity contribution in [3.05, 3.63) is 53.9 Å². The fraction of sp³-hybridized carbons (Fsp3) is 0.444. The third kappa shape index (κ3) is 4.97. The lowest BCUT2D eigenvalue weighted by atomic mass is 9.90. The molecule has 0 saturated carbocycles. The van der Waals surface area contributed by atoms with E-state index in [0.29, 0.717) is 5.92 Å². The fourth-order valence-electron chi connectivity index (χ4n) is 3.31. The minimum absolute atomic E-state index is 0. The van der Waals surface area contributed by atoms with Crippen LogP contribution >= 0.6 is 24.8 Å². The van der Waals surface area contributed by atoms with Gasteiger partial charge in [0.15, 0.2) is 0 Å². The maximum absolute atomic E-state index is 12.7. The number of rotatable bonds is 4. The van der Waals surface area contributed by atoms with Crippen molar-refractivity contribution in [3.63, 3.8) is 0 Å². The van der Waals surface area contributed by atoms with Crippen LogP contribution in [0.4, 0.5) is 0 Å². The van der Waals surface area contributed by atoms with E-state index in [1.807, 2.05) is 48.2 Å². The van der Waals surface area contributed by atoms with Gasteiger partial charge in [0.1, 0.15) is 0 Å². The summed E-state index contributed by atoms with van der Waals surface area (Å²) in [6.45, 7) is 3.50. The summed E-state index contributed by atoms with van der Waals surface area (Å²) in [5.74, 6) is 0.421. The third-order valence-electron chi connectivity index (χ3n) is 4.88. The lowest BCUT2D eigenvalue weighted by molar-refractivity contribution is -0.136. The average molecular weight is 385 g/mol. The molecule has 1 aliphatic heterocycles.